The number of rotatable bonds is 1. The predicted octanol–water partition coefficient (Wildman–Crippen LogP) is 2.26. The van der Waals surface area contributed by atoms with E-state index in [0.29, 0.717) is 5.41 Å². The minimum atomic E-state index is 0.326. The van der Waals surface area contributed by atoms with Crippen LogP contribution in [0.25, 0.3) is 0 Å². The lowest BCUT2D eigenvalue weighted by molar-refractivity contribution is 0.175. The van der Waals surface area contributed by atoms with Gasteiger partial charge in [0.1, 0.15) is 0 Å². The third-order valence-corrected chi connectivity index (χ3v) is 3.32. The average Bonchev–Trinajstić information content (AvgIpc) is 2.36. The van der Waals surface area contributed by atoms with Gasteiger partial charge < -0.3 is 4.90 Å². The number of nitrogens with two attached hydrogens (primary N) is 1. The first kappa shape index (κ1) is 12.9. The fraction of sp³-hybridized carbons (Fsp3) is 0.500. The first-order valence-corrected chi connectivity index (χ1v) is 6.46. The highest BCUT2D eigenvalue weighted by Crippen LogP contribution is 2.28. The molecule has 1 heterocycles. The van der Waals surface area contributed by atoms with Gasteiger partial charge in [0.25, 0.3) is 0 Å². The first-order valence-electron chi connectivity index (χ1n) is 6.46. The molecule has 0 saturated carbocycles. The largest absolute Gasteiger partial charge is 0.341 e. The molecule has 98 valence electrons. The summed E-state index contributed by atoms with van der Waals surface area (Å²) in [6.45, 7) is 6.58. The molecule has 3 N–H and O–H groups in total. The van der Waals surface area contributed by atoms with E-state index in [1.807, 2.05) is 30.3 Å². The number of para-hydroxylation sites is 1. The van der Waals surface area contributed by atoms with Gasteiger partial charge in [-0.15, -0.1) is 0 Å². The molecular weight excluding hydrogens is 224 g/mol. The quantitative estimate of drug-likeness (QED) is 0.346. The monoisotopic (exact) mass is 246 g/mol. The number of hydrogen-bond acceptors (Lipinski definition) is 2. The highest BCUT2D eigenvalue weighted by atomic mass is 15.4. The molecule has 0 aromatic heterocycles. The summed E-state index contributed by atoms with van der Waals surface area (Å²) < 4.78 is 0. The van der Waals surface area contributed by atoms with Gasteiger partial charge in [-0.2, -0.15) is 0 Å². The van der Waals surface area contributed by atoms with Gasteiger partial charge >= 0.3 is 0 Å². The lowest BCUT2D eigenvalue weighted by Crippen LogP contribution is -2.50. The summed E-state index contributed by atoms with van der Waals surface area (Å²) in [5, 5.41) is 0. The van der Waals surface area contributed by atoms with Crippen molar-refractivity contribution < 1.29 is 0 Å². The number of hydrogen-bond donors (Lipinski definition) is 2. The van der Waals surface area contributed by atoms with Crippen molar-refractivity contribution in [1.82, 2.24) is 10.3 Å². The number of piperidine rings is 1. The Morgan fingerprint density at radius 2 is 2.06 bits per heavy atom. The number of benzene rings is 1. The zero-order chi connectivity index (χ0) is 13.0. The summed E-state index contributed by atoms with van der Waals surface area (Å²) >= 11 is 0. The third kappa shape index (κ3) is 3.23. The molecule has 1 saturated heterocycles. The van der Waals surface area contributed by atoms with Crippen LogP contribution in [-0.2, 0) is 0 Å². The second-order valence-electron chi connectivity index (χ2n) is 5.60. The van der Waals surface area contributed by atoms with Crippen molar-refractivity contribution in [2.24, 2.45) is 16.3 Å². The number of nitrogens with zero attached hydrogens (tertiary/aromatic N) is 2. The molecule has 4 nitrogen and oxygen atoms in total. The Hall–Kier alpha value is -1.55. The van der Waals surface area contributed by atoms with E-state index < -0.39 is 0 Å². The molecule has 1 aliphatic rings. The van der Waals surface area contributed by atoms with Crippen LogP contribution in [0, 0.1) is 5.41 Å². The first-order chi connectivity index (χ1) is 8.61. The second kappa shape index (κ2) is 5.40. The smallest absolute Gasteiger partial charge is 0.213 e. The Kier molecular flexibility index (Phi) is 3.87. The Balaban J connectivity index is 2.16. The molecule has 2 rings (SSSR count). The van der Waals surface area contributed by atoms with Crippen molar-refractivity contribution in [3.8, 4) is 0 Å². The lowest BCUT2D eigenvalue weighted by atomic mass is 9.84. The van der Waals surface area contributed by atoms with Gasteiger partial charge in [-0.05, 0) is 30.4 Å². The fourth-order valence-electron chi connectivity index (χ4n) is 2.42. The maximum absolute atomic E-state index is 5.62. The van der Waals surface area contributed by atoms with Crippen LogP contribution in [0.15, 0.2) is 35.3 Å². The number of hydrazine groups is 1. The highest BCUT2D eigenvalue weighted by Gasteiger charge is 2.27. The molecule has 0 bridgehead atoms. The number of nitrogens with one attached hydrogen (secondary N) is 1. The zero-order valence-electron chi connectivity index (χ0n) is 11.2. The van der Waals surface area contributed by atoms with E-state index in [0.717, 1.165) is 24.7 Å². The molecule has 1 aliphatic heterocycles. The van der Waals surface area contributed by atoms with E-state index in [4.69, 9.17) is 5.84 Å². The maximum atomic E-state index is 5.62. The topological polar surface area (TPSA) is 53.6 Å². The van der Waals surface area contributed by atoms with Crippen molar-refractivity contribution in [3.63, 3.8) is 0 Å². The standard InChI is InChI=1S/C14H22N4/c1-14(2)9-6-10-18(11-14)13(17-15)16-12-7-4-3-5-8-12/h3-5,7-8H,6,9-11,15H2,1-2H3,(H,16,17). The molecular formula is C14H22N4. The number of aliphatic imine (C=N–C) groups is 1. The summed E-state index contributed by atoms with van der Waals surface area (Å²) in [5.41, 5.74) is 3.98. The van der Waals surface area contributed by atoms with Crippen LogP contribution < -0.4 is 11.3 Å². The molecule has 1 aromatic rings. The molecule has 18 heavy (non-hydrogen) atoms. The predicted molar refractivity (Wildman–Crippen MR) is 75.4 cm³/mol. The van der Waals surface area contributed by atoms with Gasteiger partial charge in [-0.3, -0.25) is 5.43 Å². The summed E-state index contributed by atoms with van der Waals surface area (Å²) in [5.74, 6) is 6.38. The van der Waals surface area contributed by atoms with E-state index in [-0.39, 0.29) is 0 Å². The molecule has 0 atom stereocenters. The van der Waals surface area contributed by atoms with E-state index in [9.17, 15) is 0 Å². The van der Waals surface area contributed by atoms with Crippen LogP contribution in [-0.4, -0.2) is 23.9 Å². The van der Waals surface area contributed by atoms with Gasteiger partial charge in [0, 0.05) is 13.1 Å². The molecule has 1 fully saturated rings. The van der Waals surface area contributed by atoms with Crippen LogP contribution in [0.5, 0.6) is 0 Å². The second-order valence-corrected chi connectivity index (χ2v) is 5.60. The van der Waals surface area contributed by atoms with Crippen molar-refractivity contribution in [2.45, 2.75) is 26.7 Å². The van der Waals surface area contributed by atoms with Crippen LogP contribution in [0.4, 0.5) is 5.69 Å². The van der Waals surface area contributed by atoms with Crippen LogP contribution in [0.1, 0.15) is 26.7 Å². The summed E-state index contributed by atoms with van der Waals surface area (Å²) in [6.07, 6.45) is 2.44. The van der Waals surface area contributed by atoms with Crippen LogP contribution in [0.3, 0.4) is 0 Å². The number of likely N-dealkylation sites (tertiary alicyclic amines) is 1. The van der Waals surface area contributed by atoms with Gasteiger partial charge in [0.15, 0.2) is 0 Å². The summed E-state index contributed by atoms with van der Waals surface area (Å²) in [4.78, 5) is 6.81. The number of guanidine groups is 1. The van der Waals surface area contributed by atoms with Gasteiger partial charge in [-0.1, -0.05) is 32.0 Å². The molecule has 4 heteroatoms. The van der Waals surface area contributed by atoms with E-state index in [2.05, 4.69) is 29.2 Å². The van der Waals surface area contributed by atoms with E-state index in [1.54, 1.807) is 0 Å². The van der Waals surface area contributed by atoms with Crippen molar-refractivity contribution in [3.05, 3.63) is 30.3 Å². The maximum Gasteiger partial charge on any atom is 0.213 e. The van der Waals surface area contributed by atoms with Gasteiger partial charge in [-0.25, -0.2) is 10.8 Å². The minimum absolute atomic E-state index is 0.326. The minimum Gasteiger partial charge on any atom is -0.341 e. The molecule has 0 radical (unpaired) electrons. The molecule has 0 aliphatic carbocycles. The molecule has 0 unspecified atom stereocenters. The van der Waals surface area contributed by atoms with Crippen molar-refractivity contribution in [2.75, 3.05) is 13.1 Å². The van der Waals surface area contributed by atoms with Crippen molar-refractivity contribution >= 4 is 11.6 Å². The fourth-order valence-corrected chi connectivity index (χ4v) is 2.42. The molecule has 0 spiro atoms. The molecule has 1 aromatic carbocycles. The summed E-state index contributed by atoms with van der Waals surface area (Å²) in [6, 6.07) is 9.90. The third-order valence-electron chi connectivity index (χ3n) is 3.32. The van der Waals surface area contributed by atoms with E-state index in [1.165, 1.54) is 12.8 Å². The lowest BCUT2D eigenvalue weighted by Gasteiger charge is -2.39. The average molecular weight is 246 g/mol. The van der Waals surface area contributed by atoms with Crippen molar-refractivity contribution in [1.29, 1.82) is 0 Å². The summed E-state index contributed by atoms with van der Waals surface area (Å²) in [7, 11) is 0. The van der Waals surface area contributed by atoms with Gasteiger partial charge in [0.05, 0.1) is 5.69 Å². The van der Waals surface area contributed by atoms with Crippen LogP contribution in [0.2, 0.25) is 0 Å². The SMILES string of the molecule is CC1(C)CCCN(C(=Nc2ccccc2)NN)C1. The zero-order valence-corrected chi connectivity index (χ0v) is 11.2. The highest BCUT2D eigenvalue weighted by molar-refractivity contribution is 5.82. The normalized spacial score (nSPS) is 19.7. The van der Waals surface area contributed by atoms with E-state index >= 15 is 0 Å². The Morgan fingerprint density at radius 3 is 2.67 bits per heavy atom. The Bertz CT molecular complexity index is 411. The van der Waals surface area contributed by atoms with Crippen LogP contribution >= 0.6 is 0 Å². The Morgan fingerprint density at radius 1 is 1.33 bits per heavy atom. The van der Waals surface area contributed by atoms with Gasteiger partial charge in [0.2, 0.25) is 5.96 Å². The molecule has 0 amide bonds. The Labute approximate surface area is 109 Å².